The molecule has 2 heterocycles. The third-order valence-electron chi connectivity index (χ3n) is 8.15. The van der Waals surface area contributed by atoms with Crippen molar-refractivity contribution < 1.29 is 0 Å². The molecule has 5 rings (SSSR count). The van der Waals surface area contributed by atoms with E-state index >= 15 is 0 Å². The lowest BCUT2D eigenvalue weighted by molar-refractivity contribution is 0.124. The number of nitrogens with zero attached hydrogens (tertiary/aromatic N) is 1. The van der Waals surface area contributed by atoms with Gasteiger partial charge < -0.3 is 4.90 Å². The van der Waals surface area contributed by atoms with Gasteiger partial charge in [-0.1, -0.05) is 38.5 Å². The molecule has 0 spiro atoms. The van der Waals surface area contributed by atoms with Crippen molar-refractivity contribution in [1.29, 1.82) is 0 Å². The molecule has 2 aliphatic heterocycles. The second-order valence-electron chi connectivity index (χ2n) is 9.75. The largest absolute Gasteiger partial charge is 0.303 e. The zero-order chi connectivity index (χ0) is 16.4. The van der Waals surface area contributed by atoms with Gasteiger partial charge in [0.2, 0.25) is 0 Å². The van der Waals surface area contributed by atoms with Gasteiger partial charge in [-0.15, -0.1) is 8.58 Å². The number of hydrogen-bond donors (Lipinski definition) is 0. The summed E-state index contributed by atoms with van der Waals surface area (Å²) in [5.41, 5.74) is 1.15. The first-order valence-corrected chi connectivity index (χ1v) is 12.3. The van der Waals surface area contributed by atoms with Gasteiger partial charge in [0.15, 0.2) is 0 Å². The molecule has 24 heavy (non-hydrogen) atoms. The van der Waals surface area contributed by atoms with Crippen molar-refractivity contribution in [2.45, 2.75) is 113 Å². The van der Waals surface area contributed by atoms with E-state index in [2.05, 4.69) is 11.9 Å². The van der Waals surface area contributed by atoms with Gasteiger partial charge in [0.25, 0.3) is 0 Å². The summed E-state index contributed by atoms with van der Waals surface area (Å²) in [5.74, 6) is 2.12. The zero-order valence-electron chi connectivity index (χ0n) is 16.1. The Kier molecular flexibility index (Phi) is 5.90. The molecular formula is C22H40NP. The summed E-state index contributed by atoms with van der Waals surface area (Å²) in [4.78, 5) is 2.75. The highest BCUT2D eigenvalue weighted by Gasteiger charge is 2.49. The smallest absolute Gasteiger partial charge is 0.00923 e. The fraction of sp³-hybridized carbons (Fsp3) is 1.00. The number of rotatable bonds is 4. The van der Waals surface area contributed by atoms with E-state index in [4.69, 9.17) is 0 Å². The monoisotopic (exact) mass is 349 g/mol. The molecule has 5 fully saturated rings. The minimum absolute atomic E-state index is 0.853. The van der Waals surface area contributed by atoms with E-state index in [0.29, 0.717) is 0 Å². The fourth-order valence-corrected chi connectivity index (χ4v) is 9.12. The Morgan fingerprint density at radius 2 is 1.50 bits per heavy atom. The molecule has 0 aromatic carbocycles. The van der Waals surface area contributed by atoms with Crippen LogP contribution in [0.15, 0.2) is 0 Å². The van der Waals surface area contributed by atoms with Crippen LogP contribution in [-0.4, -0.2) is 35.3 Å². The first-order valence-electron chi connectivity index (χ1n) is 11.2. The third kappa shape index (κ3) is 3.88. The van der Waals surface area contributed by atoms with Crippen LogP contribution in [0, 0.1) is 11.8 Å². The van der Waals surface area contributed by atoms with Crippen LogP contribution >= 0.6 is 8.58 Å². The Morgan fingerprint density at radius 1 is 0.833 bits per heavy atom. The molecule has 1 nitrogen and oxygen atoms in total. The minimum Gasteiger partial charge on any atom is -0.303 e. The normalized spacial score (nSPS) is 42.5. The summed E-state index contributed by atoms with van der Waals surface area (Å²) in [6, 6.07) is 0.912. The lowest BCUT2D eigenvalue weighted by atomic mass is 9.70. The standard InChI is InChI=1S/C22H40NP/c1-23(20-8-4-2-5-9-20)17-18-11-13-19(14-12-18)22-15-7-3-6-10-21(16-22)24-22/h18-21,24H,2-17H2,1H3. The molecule has 0 radical (unpaired) electrons. The first-order chi connectivity index (χ1) is 11.8. The Morgan fingerprint density at radius 3 is 2.25 bits per heavy atom. The van der Waals surface area contributed by atoms with Gasteiger partial charge in [-0.2, -0.15) is 0 Å². The topological polar surface area (TPSA) is 3.24 Å². The molecule has 0 aromatic rings. The van der Waals surface area contributed by atoms with Gasteiger partial charge in [0.05, 0.1) is 0 Å². The van der Waals surface area contributed by atoms with Gasteiger partial charge in [0.1, 0.15) is 0 Å². The average molecular weight is 350 g/mol. The quantitative estimate of drug-likeness (QED) is 0.545. The van der Waals surface area contributed by atoms with Crippen molar-refractivity contribution in [2.75, 3.05) is 13.6 Å². The van der Waals surface area contributed by atoms with E-state index < -0.39 is 0 Å². The second-order valence-corrected chi connectivity index (χ2v) is 11.9. The summed E-state index contributed by atoms with van der Waals surface area (Å²) in [6.07, 6.45) is 23.0. The van der Waals surface area contributed by atoms with E-state index in [1.54, 1.807) is 51.4 Å². The summed E-state index contributed by atoms with van der Waals surface area (Å²) < 4.78 is 0. The SMILES string of the molecule is CN(CC1CCC(C23CCCCCC(C2)P3)CC1)C1CCCCC1. The highest BCUT2D eigenvalue weighted by atomic mass is 31.1. The van der Waals surface area contributed by atoms with Crippen molar-refractivity contribution in [3.8, 4) is 0 Å². The minimum atomic E-state index is 0.853. The summed E-state index contributed by atoms with van der Waals surface area (Å²) in [6.45, 7) is 1.40. The second kappa shape index (κ2) is 7.96. The lowest BCUT2D eigenvalue weighted by Crippen LogP contribution is -2.48. The van der Waals surface area contributed by atoms with E-state index in [1.807, 2.05) is 0 Å². The molecule has 2 saturated heterocycles. The Hall–Kier alpha value is 0.390. The number of fused-ring (bicyclic) bond motifs is 4. The molecular weight excluding hydrogens is 309 g/mol. The maximum atomic E-state index is 2.75. The predicted molar refractivity (Wildman–Crippen MR) is 107 cm³/mol. The molecule has 2 bridgehead atoms. The van der Waals surface area contributed by atoms with Gasteiger partial charge in [0, 0.05) is 12.6 Å². The van der Waals surface area contributed by atoms with Gasteiger partial charge in [-0.05, 0) is 87.5 Å². The molecule has 0 N–H and O–H groups in total. The molecule has 138 valence electrons. The van der Waals surface area contributed by atoms with Crippen LogP contribution in [0.25, 0.3) is 0 Å². The number of hydrogen-bond acceptors (Lipinski definition) is 1. The predicted octanol–water partition coefficient (Wildman–Crippen LogP) is 6.21. The van der Waals surface area contributed by atoms with E-state index in [1.165, 1.54) is 60.1 Å². The van der Waals surface area contributed by atoms with Crippen molar-refractivity contribution in [1.82, 2.24) is 4.90 Å². The summed E-state index contributed by atoms with van der Waals surface area (Å²) >= 11 is 0. The van der Waals surface area contributed by atoms with Crippen LogP contribution in [0.3, 0.4) is 0 Å². The Bertz CT molecular complexity index is 383. The van der Waals surface area contributed by atoms with Crippen LogP contribution in [-0.2, 0) is 0 Å². The highest BCUT2D eigenvalue weighted by Crippen LogP contribution is 2.64. The van der Waals surface area contributed by atoms with Crippen molar-refractivity contribution in [3.63, 3.8) is 0 Å². The Balaban J connectivity index is 1.24. The van der Waals surface area contributed by atoms with Crippen LogP contribution in [0.4, 0.5) is 0 Å². The van der Waals surface area contributed by atoms with Crippen LogP contribution in [0.5, 0.6) is 0 Å². The molecule has 2 heteroatoms. The van der Waals surface area contributed by atoms with Crippen molar-refractivity contribution >= 4 is 8.58 Å². The van der Waals surface area contributed by atoms with Crippen LogP contribution in [0.2, 0.25) is 0 Å². The van der Waals surface area contributed by atoms with Crippen molar-refractivity contribution in [3.05, 3.63) is 0 Å². The molecule has 3 saturated carbocycles. The zero-order valence-corrected chi connectivity index (χ0v) is 17.1. The molecule has 0 amide bonds. The van der Waals surface area contributed by atoms with Gasteiger partial charge >= 0.3 is 0 Å². The van der Waals surface area contributed by atoms with Gasteiger partial charge in [-0.25, -0.2) is 0 Å². The van der Waals surface area contributed by atoms with Crippen LogP contribution in [0.1, 0.15) is 96.3 Å². The van der Waals surface area contributed by atoms with Crippen molar-refractivity contribution in [2.24, 2.45) is 11.8 Å². The van der Waals surface area contributed by atoms with E-state index in [0.717, 1.165) is 28.7 Å². The molecule has 0 aromatic heterocycles. The van der Waals surface area contributed by atoms with E-state index in [9.17, 15) is 0 Å². The van der Waals surface area contributed by atoms with Gasteiger partial charge in [-0.3, -0.25) is 0 Å². The summed E-state index contributed by atoms with van der Waals surface area (Å²) in [7, 11) is 3.77. The lowest BCUT2D eigenvalue weighted by Gasteiger charge is -2.56. The Labute approximate surface area is 152 Å². The summed E-state index contributed by atoms with van der Waals surface area (Å²) in [5, 5.41) is 0.853. The maximum absolute atomic E-state index is 2.75. The molecule has 3 aliphatic carbocycles. The average Bonchev–Trinajstić information content (AvgIpc) is 2.55. The van der Waals surface area contributed by atoms with E-state index in [-0.39, 0.29) is 0 Å². The molecule has 3 unspecified atom stereocenters. The maximum Gasteiger partial charge on any atom is 0.00923 e. The fourth-order valence-electron chi connectivity index (χ4n) is 6.65. The molecule has 5 aliphatic rings. The molecule has 3 atom stereocenters. The highest BCUT2D eigenvalue weighted by molar-refractivity contribution is 7.43. The van der Waals surface area contributed by atoms with Crippen LogP contribution < -0.4 is 0 Å². The first kappa shape index (κ1) is 17.8. The third-order valence-corrected chi connectivity index (χ3v) is 10.5.